The van der Waals surface area contributed by atoms with Crippen LogP contribution in [0.4, 0.5) is 4.39 Å². The maximum Gasteiger partial charge on any atom is 0.126 e. The molecule has 2 aromatic carbocycles. The van der Waals surface area contributed by atoms with E-state index in [0.717, 1.165) is 11.1 Å². The highest BCUT2D eigenvalue weighted by Gasteiger charge is 2.05. The molecule has 0 bridgehead atoms. The summed E-state index contributed by atoms with van der Waals surface area (Å²) in [6.07, 6.45) is 0. The van der Waals surface area contributed by atoms with E-state index in [1.807, 2.05) is 18.2 Å². The monoisotopic (exact) mass is 211 g/mol. The second-order valence-electron chi connectivity index (χ2n) is 3.62. The molecule has 1 nitrogen and oxygen atoms in total. The summed E-state index contributed by atoms with van der Waals surface area (Å²) in [5.74, 6) is -0.224. The molecule has 0 saturated carbocycles. The Morgan fingerprint density at radius 2 is 1.88 bits per heavy atom. The second-order valence-corrected chi connectivity index (χ2v) is 3.62. The third kappa shape index (κ3) is 1.80. The van der Waals surface area contributed by atoms with Crippen LogP contribution in [-0.4, -0.2) is 0 Å². The largest absolute Gasteiger partial charge is 0.207 e. The van der Waals surface area contributed by atoms with Crippen LogP contribution < -0.4 is 0 Å². The van der Waals surface area contributed by atoms with Gasteiger partial charge in [-0.1, -0.05) is 24.3 Å². The van der Waals surface area contributed by atoms with Crippen molar-refractivity contribution < 1.29 is 4.39 Å². The van der Waals surface area contributed by atoms with E-state index in [9.17, 15) is 4.39 Å². The Labute approximate surface area is 93.8 Å². The van der Waals surface area contributed by atoms with E-state index in [4.69, 9.17) is 5.26 Å². The molecule has 0 aliphatic rings. The van der Waals surface area contributed by atoms with E-state index in [-0.39, 0.29) is 5.82 Å². The lowest BCUT2D eigenvalue weighted by molar-refractivity contribution is 0.619. The lowest BCUT2D eigenvalue weighted by Gasteiger charge is -2.05. The van der Waals surface area contributed by atoms with E-state index >= 15 is 0 Å². The fraction of sp³-hybridized carbons (Fsp3) is 0.0714. The number of hydrogen-bond donors (Lipinski definition) is 0. The third-order valence-electron chi connectivity index (χ3n) is 2.52. The molecule has 0 aliphatic carbocycles. The number of nitrogens with zero attached hydrogens (tertiary/aromatic N) is 1. The van der Waals surface area contributed by atoms with Crippen LogP contribution in [0.1, 0.15) is 11.1 Å². The van der Waals surface area contributed by atoms with Crippen LogP contribution >= 0.6 is 0 Å². The van der Waals surface area contributed by atoms with Crippen LogP contribution in [-0.2, 0) is 0 Å². The molecular formula is C14H10FN. The predicted octanol–water partition coefficient (Wildman–Crippen LogP) is 3.67. The zero-order chi connectivity index (χ0) is 11.5. The molecule has 0 N–H and O–H groups in total. The van der Waals surface area contributed by atoms with Crippen molar-refractivity contribution in [1.82, 2.24) is 0 Å². The van der Waals surface area contributed by atoms with Gasteiger partial charge in [-0.05, 0) is 41.8 Å². The van der Waals surface area contributed by atoms with Crippen LogP contribution in [0, 0.1) is 24.1 Å². The Hall–Kier alpha value is -2.14. The number of hydrogen-bond acceptors (Lipinski definition) is 1. The average Bonchev–Trinajstić information content (AvgIpc) is 2.32. The van der Waals surface area contributed by atoms with Gasteiger partial charge in [-0.2, -0.15) is 5.26 Å². The van der Waals surface area contributed by atoms with Crippen molar-refractivity contribution in [2.45, 2.75) is 6.92 Å². The molecule has 2 heteroatoms. The summed E-state index contributed by atoms with van der Waals surface area (Å²) in [5.41, 5.74) is 2.91. The molecule has 2 aromatic rings. The van der Waals surface area contributed by atoms with Gasteiger partial charge in [0.2, 0.25) is 0 Å². The number of halogens is 1. The zero-order valence-electron chi connectivity index (χ0n) is 8.87. The van der Waals surface area contributed by atoms with E-state index in [2.05, 4.69) is 6.07 Å². The minimum atomic E-state index is -0.224. The number of aryl methyl sites for hydroxylation is 1. The SMILES string of the molecule is Cc1cc(-c2ccccc2C#N)ccc1F. The highest BCUT2D eigenvalue weighted by Crippen LogP contribution is 2.24. The van der Waals surface area contributed by atoms with E-state index in [0.29, 0.717) is 11.1 Å². The summed E-state index contributed by atoms with van der Waals surface area (Å²) in [6.45, 7) is 1.72. The predicted molar refractivity (Wildman–Crippen MR) is 61.3 cm³/mol. The molecule has 16 heavy (non-hydrogen) atoms. The molecule has 0 heterocycles. The van der Waals surface area contributed by atoms with E-state index in [1.165, 1.54) is 6.07 Å². The number of nitriles is 1. The Kier molecular flexibility index (Phi) is 2.70. The van der Waals surface area contributed by atoms with Crippen LogP contribution in [0.3, 0.4) is 0 Å². The number of benzene rings is 2. The summed E-state index contributed by atoms with van der Waals surface area (Å²) >= 11 is 0. The van der Waals surface area contributed by atoms with Gasteiger partial charge in [-0.25, -0.2) is 4.39 Å². The van der Waals surface area contributed by atoms with Gasteiger partial charge >= 0.3 is 0 Å². The van der Waals surface area contributed by atoms with Crippen LogP contribution in [0.5, 0.6) is 0 Å². The molecule has 0 unspecified atom stereocenters. The molecule has 0 amide bonds. The molecule has 0 aliphatic heterocycles. The van der Waals surface area contributed by atoms with Gasteiger partial charge in [0.05, 0.1) is 11.6 Å². The van der Waals surface area contributed by atoms with Crippen LogP contribution in [0.25, 0.3) is 11.1 Å². The first kappa shape index (κ1) is 10.4. The molecular weight excluding hydrogens is 201 g/mol. The van der Waals surface area contributed by atoms with Crippen molar-refractivity contribution in [2.75, 3.05) is 0 Å². The molecule has 2 rings (SSSR count). The van der Waals surface area contributed by atoms with Crippen molar-refractivity contribution in [2.24, 2.45) is 0 Å². The molecule has 0 spiro atoms. The lowest BCUT2D eigenvalue weighted by Crippen LogP contribution is -1.87. The zero-order valence-corrected chi connectivity index (χ0v) is 8.87. The summed E-state index contributed by atoms with van der Waals surface area (Å²) in [6, 6.07) is 14.3. The molecule has 0 aromatic heterocycles. The first-order valence-corrected chi connectivity index (χ1v) is 4.98. The van der Waals surface area contributed by atoms with Crippen molar-refractivity contribution >= 4 is 0 Å². The Balaban J connectivity index is 2.60. The normalized spacial score (nSPS) is 9.81. The average molecular weight is 211 g/mol. The summed E-state index contributed by atoms with van der Waals surface area (Å²) < 4.78 is 13.1. The summed E-state index contributed by atoms with van der Waals surface area (Å²) in [7, 11) is 0. The van der Waals surface area contributed by atoms with Gasteiger partial charge in [-0.15, -0.1) is 0 Å². The smallest absolute Gasteiger partial charge is 0.126 e. The summed E-state index contributed by atoms with van der Waals surface area (Å²) in [4.78, 5) is 0. The molecule has 78 valence electrons. The Morgan fingerprint density at radius 3 is 2.56 bits per heavy atom. The second kappa shape index (κ2) is 4.16. The van der Waals surface area contributed by atoms with E-state index < -0.39 is 0 Å². The molecule has 0 fully saturated rings. The Morgan fingerprint density at radius 1 is 1.12 bits per heavy atom. The maximum atomic E-state index is 13.1. The highest BCUT2D eigenvalue weighted by molar-refractivity contribution is 5.70. The fourth-order valence-electron chi connectivity index (χ4n) is 1.64. The molecule has 0 atom stereocenters. The first-order valence-electron chi connectivity index (χ1n) is 4.98. The summed E-state index contributed by atoms with van der Waals surface area (Å²) in [5, 5.41) is 8.98. The van der Waals surface area contributed by atoms with Crippen LogP contribution in [0.2, 0.25) is 0 Å². The minimum absolute atomic E-state index is 0.224. The first-order chi connectivity index (χ1) is 7.72. The number of rotatable bonds is 1. The van der Waals surface area contributed by atoms with E-state index in [1.54, 1.807) is 25.1 Å². The lowest BCUT2D eigenvalue weighted by atomic mass is 9.99. The Bertz CT molecular complexity index is 567. The third-order valence-corrected chi connectivity index (χ3v) is 2.52. The van der Waals surface area contributed by atoms with Crippen molar-refractivity contribution in [3.8, 4) is 17.2 Å². The standard InChI is InChI=1S/C14H10FN/c1-10-8-11(6-7-14(10)15)13-5-3-2-4-12(13)9-16/h2-8H,1H3. The topological polar surface area (TPSA) is 23.8 Å². The van der Waals surface area contributed by atoms with Crippen molar-refractivity contribution in [1.29, 1.82) is 5.26 Å². The minimum Gasteiger partial charge on any atom is -0.207 e. The van der Waals surface area contributed by atoms with Gasteiger partial charge in [0.1, 0.15) is 5.82 Å². The van der Waals surface area contributed by atoms with Gasteiger partial charge in [-0.3, -0.25) is 0 Å². The van der Waals surface area contributed by atoms with Gasteiger partial charge in [0.15, 0.2) is 0 Å². The van der Waals surface area contributed by atoms with Crippen molar-refractivity contribution in [3.05, 3.63) is 59.4 Å². The molecule has 0 radical (unpaired) electrons. The highest BCUT2D eigenvalue weighted by atomic mass is 19.1. The van der Waals surface area contributed by atoms with Crippen molar-refractivity contribution in [3.63, 3.8) is 0 Å². The van der Waals surface area contributed by atoms with Crippen LogP contribution in [0.15, 0.2) is 42.5 Å². The van der Waals surface area contributed by atoms with Gasteiger partial charge in [0, 0.05) is 0 Å². The van der Waals surface area contributed by atoms with Gasteiger partial charge in [0.25, 0.3) is 0 Å². The fourth-order valence-corrected chi connectivity index (χ4v) is 1.64. The van der Waals surface area contributed by atoms with Gasteiger partial charge < -0.3 is 0 Å². The quantitative estimate of drug-likeness (QED) is 0.706. The maximum absolute atomic E-state index is 13.1. The molecule has 0 saturated heterocycles.